The summed E-state index contributed by atoms with van der Waals surface area (Å²) in [6.07, 6.45) is 1.12. The monoisotopic (exact) mass is 255 g/mol. The molecule has 2 N–H and O–H groups in total. The standard InChI is InChI=1S/C9H22NO5P/c1-4-9(12,5-2)8-10(6-7-11)15-16(13)14-3/h11-12,16H,4-8H2,1-3H3. The molecule has 0 aromatic rings. The zero-order valence-electron chi connectivity index (χ0n) is 10.1. The number of rotatable bonds is 9. The van der Waals surface area contributed by atoms with E-state index in [1.807, 2.05) is 13.8 Å². The summed E-state index contributed by atoms with van der Waals surface area (Å²) in [6.45, 7) is 3.96. The molecule has 0 rings (SSSR count). The highest BCUT2D eigenvalue weighted by Crippen LogP contribution is 2.26. The molecule has 0 amide bonds. The maximum absolute atomic E-state index is 11.1. The Labute approximate surface area is 97.1 Å². The Morgan fingerprint density at radius 3 is 2.31 bits per heavy atom. The van der Waals surface area contributed by atoms with E-state index < -0.39 is 13.9 Å². The summed E-state index contributed by atoms with van der Waals surface area (Å²) in [5, 5.41) is 20.2. The normalized spacial score (nSPS) is 14.4. The van der Waals surface area contributed by atoms with Gasteiger partial charge in [-0.3, -0.25) is 4.57 Å². The van der Waals surface area contributed by atoms with Crippen molar-refractivity contribution < 1.29 is 23.9 Å². The van der Waals surface area contributed by atoms with Crippen LogP contribution in [0.1, 0.15) is 26.7 Å². The van der Waals surface area contributed by atoms with Gasteiger partial charge in [0.05, 0.1) is 18.8 Å². The average molecular weight is 255 g/mol. The number of aliphatic hydroxyl groups excluding tert-OH is 1. The second-order valence-electron chi connectivity index (χ2n) is 3.56. The van der Waals surface area contributed by atoms with E-state index >= 15 is 0 Å². The molecule has 7 heteroatoms. The van der Waals surface area contributed by atoms with Crippen molar-refractivity contribution >= 4 is 8.25 Å². The van der Waals surface area contributed by atoms with E-state index in [9.17, 15) is 9.67 Å². The fraction of sp³-hybridized carbons (Fsp3) is 1.00. The van der Waals surface area contributed by atoms with Crippen molar-refractivity contribution in [1.29, 1.82) is 0 Å². The first-order valence-electron chi connectivity index (χ1n) is 5.35. The maximum Gasteiger partial charge on any atom is 0.335 e. The van der Waals surface area contributed by atoms with E-state index in [0.717, 1.165) is 0 Å². The molecule has 98 valence electrons. The first-order chi connectivity index (χ1) is 7.51. The summed E-state index contributed by atoms with van der Waals surface area (Å²) in [4.78, 5) is 0. The zero-order valence-corrected chi connectivity index (χ0v) is 11.1. The van der Waals surface area contributed by atoms with Crippen LogP contribution in [0.25, 0.3) is 0 Å². The van der Waals surface area contributed by atoms with E-state index in [1.165, 1.54) is 12.2 Å². The topological polar surface area (TPSA) is 79.2 Å². The molecule has 0 saturated heterocycles. The minimum atomic E-state index is -2.58. The Balaban J connectivity index is 4.36. The van der Waals surface area contributed by atoms with Gasteiger partial charge in [-0.2, -0.15) is 5.06 Å². The molecule has 6 nitrogen and oxygen atoms in total. The van der Waals surface area contributed by atoms with E-state index in [1.54, 1.807) is 0 Å². The predicted octanol–water partition coefficient (Wildman–Crippen LogP) is 0.799. The first kappa shape index (κ1) is 16.0. The fourth-order valence-electron chi connectivity index (χ4n) is 1.21. The van der Waals surface area contributed by atoms with Crippen LogP contribution in [0.3, 0.4) is 0 Å². The molecular weight excluding hydrogens is 233 g/mol. The molecule has 0 saturated carbocycles. The lowest BCUT2D eigenvalue weighted by atomic mass is 9.97. The van der Waals surface area contributed by atoms with Crippen molar-refractivity contribution in [2.24, 2.45) is 0 Å². The average Bonchev–Trinajstić information content (AvgIpc) is 2.29. The summed E-state index contributed by atoms with van der Waals surface area (Å²) in [5.41, 5.74) is -0.898. The third-order valence-corrected chi connectivity index (χ3v) is 3.25. The van der Waals surface area contributed by atoms with Crippen LogP contribution >= 0.6 is 8.25 Å². The summed E-state index contributed by atoms with van der Waals surface area (Å²) in [5.74, 6) is 0. The van der Waals surface area contributed by atoms with Crippen molar-refractivity contribution in [3.8, 4) is 0 Å². The molecule has 0 aliphatic heterocycles. The van der Waals surface area contributed by atoms with Gasteiger partial charge in [0.15, 0.2) is 0 Å². The van der Waals surface area contributed by atoms with E-state index in [-0.39, 0.29) is 19.7 Å². The lowest BCUT2D eigenvalue weighted by Crippen LogP contribution is -2.42. The van der Waals surface area contributed by atoms with Crippen molar-refractivity contribution in [1.82, 2.24) is 5.06 Å². The third kappa shape index (κ3) is 5.94. The van der Waals surface area contributed by atoms with Gasteiger partial charge in [-0.05, 0) is 12.8 Å². The second-order valence-corrected chi connectivity index (χ2v) is 4.65. The highest BCUT2D eigenvalue weighted by molar-refractivity contribution is 7.33. The Morgan fingerprint density at radius 1 is 1.38 bits per heavy atom. The molecule has 0 heterocycles. The minimum absolute atomic E-state index is 0.137. The lowest BCUT2D eigenvalue weighted by Gasteiger charge is -2.31. The summed E-state index contributed by atoms with van der Waals surface area (Å²) >= 11 is 0. The third-order valence-electron chi connectivity index (χ3n) is 2.51. The number of hydrogen-bond acceptors (Lipinski definition) is 6. The maximum atomic E-state index is 11.1. The van der Waals surface area contributed by atoms with Crippen LogP contribution in [-0.2, 0) is 13.7 Å². The van der Waals surface area contributed by atoms with Crippen LogP contribution in [0.4, 0.5) is 0 Å². The van der Waals surface area contributed by atoms with Gasteiger partial charge in [-0.1, -0.05) is 13.8 Å². The molecule has 0 bridgehead atoms. The van der Waals surface area contributed by atoms with Crippen LogP contribution in [0.15, 0.2) is 0 Å². The molecule has 0 aromatic carbocycles. The van der Waals surface area contributed by atoms with Crippen LogP contribution in [-0.4, -0.2) is 47.7 Å². The van der Waals surface area contributed by atoms with Crippen LogP contribution in [0, 0.1) is 0 Å². The fourth-order valence-corrected chi connectivity index (χ4v) is 1.65. The van der Waals surface area contributed by atoms with Crippen molar-refractivity contribution in [3.05, 3.63) is 0 Å². The van der Waals surface area contributed by atoms with Crippen molar-refractivity contribution in [3.63, 3.8) is 0 Å². The molecule has 16 heavy (non-hydrogen) atoms. The first-order valence-corrected chi connectivity index (χ1v) is 6.58. The van der Waals surface area contributed by atoms with Gasteiger partial charge in [-0.15, -0.1) is 0 Å². The van der Waals surface area contributed by atoms with E-state index in [0.29, 0.717) is 12.8 Å². The quantitative estimate of drug-likeness (QED) is 0.468. The van der Waals surface area contributed by atoms with Gasteiger partial charge < -0.3 is 14.7 Å². The molecule has 1 unspecified atom stereocenters. The molecule has 1 atom stereocenters. The van der Waals surface area contributed by atoms with E-state index in [4.69, 9.17) is 9.73 Å². The van der Waals surface area contributed by atoms with Crippen LogP contribution in [0.2, 0.25) is 0 Å². The highest BCUT2D eigenvalue weighted by Gasteiger charge is 2.26. The number of aliphatic hydroxyl groups is 2. The summed E-state index contributed by atoms with van der Waals surface area (Å²) in [7, 11) is -1.30. The Hall–Kier alpha value is 0.0300. The zero-order chi connectivity index (χ0) is 12.6. The van der Waals surface area contributed by atoms with Gasteiger partial charge in [0, 0.05) is 13.7 Å². The largest absolute Gasteiger partial charge is 0.395 e. The van der Waals surface area contributed by atoms with Gasteiger partial charge in [-0.25, -0.2) is 4.62 Å². The summed E-state index contributed by atoms with van der Waals surface area (Å²) in [6, 6.07) is 0. The van der Waals surface area contributed by atoms with Crippen LogP contribution in [0.5, 0.6) is 0 Å². The van der Waals surface area contributed by atoms with Gasteiger partial charge in [0.25, 0.3) is 0 Å². The van der Waals surface area contributed by atoms with Crippen LogP contribution < -0.4 is 0 Å². The molecule has 0 fully saturated rings. The Kier molecular flexibility index (Phi) is 8.18. The van der Waals surface area contributed by atoms with Gasteiger partial charge >= 0.3 is 8.25 Å². The lowest BCUT2D eigenvalue weighted by molar-refractivity contribution is -0.125. The molecular formula is C9H22NO5P. The van der Waals surface area contributed by atoms with Crippen molar-refractivity contribution in [2.45, 2.75) is 32.3 Å². The van der Waals surface area contributed by atoms with Gasteiger partial charge in [0.1, 0.15) is 0 Å². The predicted molar refractivity (Wildman–Crippen MR) is 61.3 cm³/mol. The van der Waals surface area contributed by atoms with Crippen molar-refractivity contribution in [2.75, 3.05) is 26.8 Å². The molecule has 0 radical (unpaired) electrons. The summed E-state index contributed by atoms with van der Waals surface area (Å²) < 4.78 is 20.6. The number of nitrogens with zero attached hydrogens (tertiary/aromatic N) is 1. The molecule has 0 aliphatic rings. The number of hydroxylamine groups is 2. The Bertz CT molecular complexity index is 210. The smallest absolute Gasteiger partial charge is 0.335 e. The van der Waals surface area contributed by atoms with E-state index in [2.05, 4.69) is 4.52 Å². The molecule has 0 aliphatic carbocycles. The molecule has 0 aromatic heterocycles. The Morgan fingerprint density at radius 2 is 1.94 bits per heavy atom. The highest BCUT2D eigenvalue weighted by atomic mass is 31.1. The van der Waals surface area contributed by atoms with Gasteiger partial charge in [0.2, 0.25) is 0 Å². The molecule has 0 spiro atoms. The minimum Gasteiger partial charge on any atom is -0.395 e. The second kappa shape index (κ2) is 8.17. The number of hydrogen-bond donors (Lipinski definition) is 2. The SMILES string of the molecule is CCC(O)(CC)CN(CCO)O[PH](=O)OC.